The maximum Gasteiger partial charge on any atom is 0.407 e. The minimum atomic E-state index is -0.460. The van der Waals surface area contributed by atoms with E-state index in [-0.39, 0.29) is 29.4 Å². The van der Waals surface area contributed by atoms with Crippen molar-refractivity contribution in [2.24, 2.45) is 11.3 Å². The Balaban J connectivity index is 1.68. The van der Waals surface area contributed by atoms with Gasteiger partial charge >= 0.3 is 12.1 Å². The van der Waals surface area contributed by atoms with Crippen LogP contribution < -0.4 is 5.32 Å². The van der Waals surface area contributed by atoms with E-state index in [1.54, 1.807) is 0 Å². The Hall–Kier alpha value is -1.26. The van der Waals surface area contributed by atoms with E-state index in [1.807, 2.05) is 20.8 Å². The lowest BCUT2D eigenvalue weighted by Crippen LogP contribution is -2.57. The zero-order valence-corrected chi connectivity index (χ0v) is 12.1. The number of alkyl carbamates (subject to hydrolysis) is 1. The number of esters is 1. The molecule has 2 rings (SSSR count). The molecule has 0 aromatic carbocycles. The van der Waals surface area contributed by atoms with Gasteiger partial charge in [-0.05, 0) is 51.9 Å². The number of rotatable bonds is 2. The van der Waals surface area contributed by atoms with E-state index in [0.717, 1.165) is 25.7 Å². The Morgan fingerprint density at radius 3 is 2.21 bits per heavy atom. The van der Waals surface area contributed by atoms with Crippen LogP contribution in [0.15, 0.2) is 0 Å². The van der Waals surface area contributed by atoms with Crippen LogP contribution >= 0.6 is 0 Å². The lowest BCUT2D eigenvalue weighted by molar-refractivity contribution is -0.159. The first kappa shape index (κ1) is 14.2. The van der Waals surface area contributed by atoms with Crippen LogP contribution in [0.1, 0.15) is 46.5 Å². The lowest BCUT2D eigenvalue weighted by Gasteiger charge is -2.56. The van der Waals surface area contributed by atoms with Gasteiger partial charge in [0.2, 0.25) is 0 Å². The topological polar surface area (TPSA) is 64.6 Å². The minimum Gasteiger partial charge on any atom is -0.469 e. The lowest BCUT2D eigenvalue weighted by atomic mass is 9.50. The predicted molar refractivity (Wildman–Crippen MR) is 69.6 cm³/mol. The molecule has 2 fully saturated rings. The average Bonchev–Trinajstić information content (AvgIpc) is 2.15. The molecule has 0 aromatic rings. The second-order valence-electron chi connectivity index (χ2n) is 6.88. The van der Waals surface area contributed by atoms with E-state index in [2.05, 4.69) is 5.32 Å². The summed E-state index contributed by atoms with van der Waals surface area (Å²) in [5.74, 6) is -0.0401. The molecule has 0 unspecified atom stereocenters. The summed E-state index contributed by atoms with van der Waals surface area (Å²) in [6.07, 6.45) is 3.33. The van der Waals surface area contributed by atoms with Crippen molar-refractivity contribution in [2.75, 3.05) is 7.11 Å². The Kier molecular flexibility index (Phi) is 3.49. The number of hydrogen-bond acceptors (Lipinski definition) is 4. The van der Waals surface area contributed by atoms with Gasteiger partial charge in [0.1, 0.15) is 5.60 Å². The van der Waals surface area contributed by atoms with E-state index >= 15 is 0 Å². The van der Waals surface area contributed by atoms with E-state index in [1.165, 1.54) is 7.11 Å². The number of nitrogens with one attached hydrogen (secondary N) is 1. The van der Waals surface area contributed by atoms with Crippen LogP contribution in [0.3, 0.4) is 0 Å². The third-order valence-corrected chi connectivity index (χ3v) is 3.97. The number of methoxy groups -OCH3 is 1. The van der Waals surface area contributed by atoms with Crippen molar-refractivity contribution in [1.82, 2.24) is 5.32 Å². The van der Waals surface area contributed by atoms with Gasteiger partial charge < -0.3 is 14.8 Å². The van der Waals surface area contributed by atoms with Crippen molar-refractivity contribution in [3.05, 3.63) is 0 Å². The van der Waals surface area contributed by atoms with Gasteiger partial charge in [0, 0.05) is 6.04 Å². The summed E-state index contributed by atoms with van der Waals surface area (Å²) in [6, 6.07) is 0.188. The molecule has 2 aliphatic carbocycles. The van der Waals surface area contributed by atoms with Crippen LogP contribution in [0.4, 0.5) is 4.79 Å². The van der Waals surface area contributed by atoms with Crippen molar-refractivity contribution in [2.45, 2.75) is 58.1 Å². The zero-order chi connectivity index (χ0) is 14.3. The first-order chi connectivity index (χ1) is 8.73. The Morgan fingerprint density at radius 2 is 1.74 bits per heavy atom. The monoisotopic (exact) mass is 269 g/mol. The molecule has 0 bridgehead atoms. The van der Waals surface area contributed by atoms with Gasteiger partial charge in [0.05, 0.1) is 13.0 Å². The molecule has 1 N–H and O–H groups in total. The van der Waals surface area contributed by atoms with E-state index in [9.17, 15) is 9.59 Å². The standard InChI is InChI=1S/C14H23NO4/c1-13(2,3)19-12(17)15-10-7-14(8-10)5-9(6-14)11(16)18-4/h9-10H,5-8H2,1-4H3,(H,15,17). The van der Waals surface area contributed by atoms with Crippen molar-refractivity contribution < 1.29 is 19.1 Å². The van der Waals surface area contributed by atoms with Crippen molar-refractivity contribution in [3.8, 4) is 0 Å². The number of amides is 1. The van der Waals surface area contributed by atoms with Gasteiger partial charge in [-0.15, -0.1) is 0 Å². The second kappa shape index (κ2) is 4.69. The molecule has 0 saturated heterocycles. The largest absolute Gasteiger partial charge is 0.469 e. The highest BCUT2D eigenvalue weighted by Crippen LogP contribution is 2.58. The van der Waals surface area contributed by atoms with Gasteiger partial charge in [-0.1, -0.05) is 0 Å². The highest BCUT2D eigenvalue weighted by Gasteiger charge is 2.55. The zero-order valence-electron chi connectivity index (χ0n) is 12.1. The summed E-state index contributed by atoms with van der Waals surface area (Å²) in [4.78, 5) is 22.9. The molecule has 1 spiro atoms. The Bertz CT molecular complexity index is 371. The van der Waals surface area contributed by atoms with Crippen LogP contribution in [-0.4, -0.2) is 30.8 Å². The van der Waals surface area contributed by atoms with Crippen LogP contribution in [0.2, 0.25) is 0 Å². The second-order valence-corrected chi connectivity index (χ2v) is 6.88. The van der Waals surface area contributed by atoms with E-state index in [0.29, 0.717) is 0 Å². The van der Waals surface area contributed by atoms with Crippen molar-refractivity contribution in [3.63, 3.8) is 0 Å². The summed E-state index contributed by atoms with van der Waals surface area (Å²) in [5.41, 5.74) is -0.198. The summed E-state index contributed by atoms with van der Waals surface area (Å²) in [5, 5.41) is 2.88. The molecule has 19 heavy (non-hydrogen) atoms. The predicted octanol–water partition coefficient (Wildman–Crippen LogP) is 2.24. The molecule has 0 aliphatic heterocycles. The summed E-state index contributed by atoms with van der Waals surface area (Å²) in [7, 11) is 1.43. The van der Waals surface area contributed by atoms with Crippen LogP contribution in [0, 0.1) is 11.3 Å². The fourth-order valence-corrected chi connectivity index (χ4v) is 3.21. The quantitative estimate of drug-likeness (QED) is 0.781. The highest BCUT2D eigenvalue weighted by molar-refractivity contribution is 5.74. The third-order valence-electron chi connectivity index (χ3n) is 3.97. The number of carbonyl (C=O) groups excluding carboxylic acids is 2. The van der Waals surface area contributed by atoms with Crippen LogP contribution in [0.25, 0.3) is 0 Å². The molecule has 5 heteroatoms. The molecule has 0 atom stereocenters. The maximum atomic E-state index is 11.6. The van der Waals surface area contributed by atoms with Crippen molar-refractivity contribution >= 4 is 12.1 Å². The highest BCUT2D eigenvalue weighted by atomic mass is 16.6. The summed E-state index contributed by atoms with van der Waals surface area (Å²) in [6.45, 7) is 5.55. The summed E-state index contributed by atoms with van der Waals surface area (Å²) >= 11 is 0. The van der Waals surface area contributed by atoms with Gasteiger partial charge in [-0.25, -0.2) is 4.79 Å². The third kappa shape index (κ3) is 3.19. The minimum absolute atomic E-state index is 0.0625. The fourth-order valence-electron chi connectivity index (χ4n) is 3.21. The number of hydrogen-bond donors (Lipinski definition) is 1. The smallest absolute Gasteiger partial charge is 0.407 e. The average molecular weight is 269 g/mol. The molecule has 2 saturated carbocycles. The molecule has 1 amide bonds. The molecule has 5 nitrogen and oxygen atoms in total. The first-order valence-corrected chi connectivity index (χ1v) is 6.80. The molecular formula is C14H23NO4. The van der Waals surface area contributed by atoms with Gasteiger partial charge in [0.15, 0.2) is 0 Å². The number of carbonyl (C=O) groups is 2. The molecule has 2 aliphatic rings. The fraction of sp³-hybridized carbons (Fsp3) is 0.857. The van der Waals surface area contributed by atoms with Crippen LogP contribution in [0.5, 0.6) is 0 Å². The first-order valence-electron chi connectivity index (χ1n) is 6.80. The molecule has 108 valence electrons. The molecule has 0 radical (unpaired) electrons. The molecular weight excluding hydrogens is 246 g/mol. The van der Waals surface area contributed by atoms with E-state index in [4.69, 9.17) is 9.47 Å². The normalized spacial score (nSPS) is 33.1. The molecule has 0 aromatic heterocycles. The van der Waals surface area contributed by atoms with Gasteiger partial charge in [0.25, 0.3) is 0 Å². The maximum absolute atomic E-state index is 11.6. The van der Waals surface area contributed by atoms with Gasteiger partial charge in [-0.3, -0.25) is 4.79 Å². The van der Waals surface area contributed by atoms with Crippen molar-refractivity contribution in [1.29, 1.82) is 0 Å². The number of ether oxygens (including phenoxy) is 2. The Morgan fingerprint density at radius 1 is 1.16 bits per heavy atom. The van der Waals surface area contributed by atoms with Gasteiger partial charge in [-0.2, -0.15) is 0 Å². The SMILES string of the molecule is COC(=O)C1CC2(CC(NC(=O)OC(C)(C)C)C2)C1. The Labute approximate surface area is 114 Å². The molecule has 0 heterocycles. The van der Waals surface area contributed by atoms with E-state index < -0.39 is 5.60 Å². The van der Waals surface area contributed by atoms with Crippen LogP contribution in [-0.2, 0) is 14.3 Å². The summed E-state index contributed by atoms with van der Waals surface area (Å²) < 4.78 is 9.95.